The van der Waals surface area contributed by atoms with Gasteiger partial charge in [0.05, 0.1) is 20.3 Å². The Balaban J connectivity index is 1.18. The number of amides is 1. The molecule has 2 aromatic carbocycles. The second-order valence-corrected chi connectivity index (χ2v) is 14.9. The summed E-state index contributed by atoms with van der Waals surface area (Å²) in [6.07, 6.45) is 11.6. The number of carbonyl (C=O) groups excluding carboxylic acids is 1. The summed E-state index contributed by atoms with van der Waals surface area (Å²) in [5.41, 5.74) is 2.86. The number of nitrogens with one attached hydrogen (secondary N) is 1. The van der Waals surface area contributed by atoms with Gasteiger partial charge in [0.1, 0.15) is 11.9 Å². The standard InChI is InChI=1S/C40H58FNO5/c1-5-6-7-8-9-12-26(27-14-18-34(46-3)35(23-27)47-4)24-37(45)42-20-11-10-13-28-21-29-22-30(43)15-16-31(29)39-33(41)25-40(2)32(38(28)39)17-19-36(40)44/h14-16,18,22-23,26,28,32-33,36,38-39,43-44H,5-13,17,19-21,24-25H2,1-4H3,(H,42,45)/t26?,28-,32+,33+,36+,38+,39+,40+/m1/s1. The number of benzene rings is 2. The maximum absolute atomic E-state index is 16.1. The normalized spacial score (nSPS) is 28.6. The van der Waals surface area contributed by atoms with Gasteiger partial charge in [0, 0.05) is 18.9 Å². The van der Waals surface area contributed by atoms with Crippen LogP contribution in [0.5, 0.6) is 17.2 Å². The molecule has 5 rings (SSSR count). The Hall–Kier alpha value is -2.80. The summed E-state index contributed by atoms with van der Waals surface area (Å²) in [4.78, 5) is 13.2. The number of aromatic hydroxyl groups is 1. The van der Waals surface area contributed by atoms with Crippen molar-refractivity contribution >= 4 is 5.91 Å². The zero-order chi connectivity index (χ0) is 33.6. The molecule has 0 aliphatic heterocycles. The number of hydrogen-bond acceptors (Lipinski definition) is 5. The monoisotopic (exact) mass is 651 g/mol. The van der Waals surface area contributed by atoms with E-state index in [0.717, 1.165) is 68.1 Å². The molecule has 0 spiro atoms. The molecule has 0 radical (unpaired) electrons. The van der Waals surface area contributed by atoms with E-state index < -0.39 is 12.3 Å². The highest BCUT2D eigenvalue weighted by molar-refractivity contribution is 5.76. The van der Waals surface area contributed by atoms with E-state index in [4.69, 9.17) is 9.47 Å². The molecule has 1 amide bonds. The fourth-order valence-corrected chi connectivity index (χ4v) is 9.58. The highest BCUT2D eigenvalue weighted by Gasteiger charge is 2.59. The molecule has 7 heteroatoms. The Morgan fingerprint density at radius 3 is 2.57 bits per heavy atom. The molecule has 2 fully saturated rings. The van der Waals surface area contributed by atoms with Crippen LogP contribution in [0.1, 0.15) is 126 Å². The van der Waals surface area contributed by atoms with Gasteiger partial charge in [-0.05, 0) is 115 Å². The quantitative estimate of drug-likeness (QED) is 0.158. The summed E-state index contributed by atoms with van der Waals surface area (Å²) in [7, 11) is 3.28. The Labute approximate surface area is 281 Å². The third-order valence-corrected chi connectivity index (χ3v) is 12.1. The fourth-order valence-electron chi connectivity index (χ4n) is 9.58. The number of fused-ring (bicyclic) bond motifs is 5. The van der Waals surface area contributed by atoms with E-state index in [1.807, 2.05) is 24.3 Å². The van der Waals surface area contributed by atoms with Gasteiger partial charge in [-0.3, -0.25) is 4.79 Å². The Morgan fingerprint density at radius 1 is 1.02 bits per heavy atom. The third kappa shape index (κ3) is 7.92. The minimum absolute atomic E-state index is 0.0729. The van der Waals surface area contributed by atoms with Crippen molar-refractivity contribution in [2.75, 3.05) is 20.8 Å². The molecule has 47 heavy (non-hydrogen) atoms. The first-order chi connectivity index (χ1) is 22.7. The van der Waals surface area contributed by atoms with Gasteiger partial charge in [-0.15, -0.1) is 0 Å². The average Bonchev–Trinajstić information content (AvgIpc) is 3.35. The topological polar surface area (TPSA) is 88.0 Å². The van der Waals surface area contributed by atoms with Crippen LogP contribution in [0.4, 0.5) is 4.39 Å². The van der Waals surface area contributed by atoms with Crippen LogP contribution in [-0.2, 0) is 11.2 Å². The second kappa shape index (κ2) is 16.1. The highest BCUT2D eigenvalue weighted by Crippen LogP contribution is 2.63. The predicted octanol–water partition coefficient (Wildman–Crippen LogP) is 8.62. The lowest BCUT2D eigenvalue weighted by Crippen LogP contribution is -2.51. The van der Waals surface area contributed by atoms with Crippen molar-refractivity contribution in [2.45, 2.75) is 128 Å². The molecule has 0 aromatic heterocycles. The number of unbranched alkanes of at least 4 members (excludes halogenated alkanes) is 5. The molecule has 3 aliphatic rings. The first kappa shape index (κ1) is 35.5. The summed E-state index contributed by atoms with van der Waals surface area (Å²) in [6.45, 7) is 4.95. The van der Waals surface area contributed by atoms with Crippen molar-refractivity contribution in [1.29, 1.82) is 0 Å². The number of hydrogen-bond donors (Lipinski definition) is 3. The van der Waals surface area contributed by atoms with Crippen LogP contribution in [0.25, 0.3) is 0 Å². The number of rotatable bonds is 16. The van der Waals surface area contributed by atoms with Gasteiger partial charge < -0.3 is 25.0 Å². The molecule has 1 unspecified atom stereocenters. The number of carbonyl (C=O) groups is 1. The van der Waals surface area contributed by atoms with E-state index in [2.05, 4.69) is 25.2 Å². The summed E-state index contributed by atoms with van der Waals surface area (Å²) >= 11 is 0. The first-order valence-corrected chi connectivity index (χ1v) is 18.3. The Morgan fingerprint density at radius 2 is 1.81 bits per heavy atom. The number of aliphatic hydroxyl groups excluding tert-OH is 1. The fraction of sp³-hybridized carbons (Fsp3) is 0.675. The van der Waals surface area contributed by atoms with Gasteiger partial charge in [-0.2, -0.15) is 0 Å². The lowest BCUT2D eigenvalue weighted by Gasteiger charge is -2.54. The molecule has 3 N–H and O–H groups in total. The van der Waals surface area contributed by atoms with E-state index >= 15 is 4.39 Å². The van der Waals surface area contributed by atoms with Gasteiger partial charge >= 0.3 is 0 Å². The predicted molar refractivity (Wildman–Crippen MR) is 185 cm³/mol. The molecule has 3 aliphatic carbocycles. The molecule has 2 saturated carbocycles. The average molecular weight is 652 g/mol. The smallest absolute Gasteiger partial charge is 0.220 e. The summed E-state index contributed by atoms with van der Waals surface area (Å²) in [6, 6.07) is 11.5. The lowest BCUT2D eigenvalue weighted by atomic mass is 9.51. The molecule has 6 nitrogen and oxygen atoms in total. The molecule has 2 aromatic rings. The highest BCUT2D eigenvalue weighted by atomic mass is 19.1. The summed E-state index contributed by atoms with van der Waals surface area (Å²) in [5, 5.41) is 24.4. The van der Waals surface area contributed by atoms with Gasteiger partial charge in [0.2, 0.25) is 5.91 Å². The number of alkyl halides is 1. The second-order valence-electron chi connectivity index (χ2n) is 14.9. The van der Waals surface area contributed by atoms with Crippen molar-refractivity contribution in [1.82, 2.24) is 5.32 Å². The molecule has 0 heterocycles. The van der Waals surface area contributed by atoms with Crippen molar-refractivity contribution < 1.29 is 28.9 Å². The first-order valence-electron chi connectivity index (χ1n) is 18.3. The van der Waals surface area contributed by atoms with Crippen molar-refractivity contribution in [2.24, 2.45) is 23.2 Å². The number of methoxy groups -OCH3 is 2. The van der Waals surface area contributed by atoms with Crippen LogP contribution in [-0.4, -0.2) is 49.2 Å². The van der Waals surface area contributed by atoms with E-state index in [-0.39, 0.29) is 34.8 Å². The van der Waals surface area contributed by atoms with Crippen LogP contribution in [0.15, 0.2) is 36.4 Å². The molecular formula is C40H58FNO5. The minimum Gasteiger partial charge on any atom is -0.508 e. The Bertz CT molecular complexity index is 1330. The molecule has 0 saturated heterocycles. The van der Waals surface area contributed by atoms with Crippen LogP contribution in [0, 0.1) is 23.2 Å². The number of phenolic OH excluding ortho intramolecular Hbond substituents is 1. The van der Waals surface area contributed by atoms with Crippen LogP contribution >= 0.6 is 0 Å². The molecule has 260 valence electrons. The van der Waals surface area contributed by atoms with E-state index in [0.29, 0.717) is 42.7 Å². The number of ether oxygens (including phenoxy) is 2. The van der Waals surface area contributed by atoms with E-state index in [9.17, 15) is 15.0 Å². The zero-order valence-corrected chi connectivity index (χ0v) is 29.1. The molecule has 8 atom stereocenters. The van der Waals surface area contributed by atoms with Crippen molar-refractivity contribution in [3.05, 3.63) is 53.1 Å². The maximum Gasteiger partial charge on any atom is 0.220 e. The van der Waals surface area contributed by atoms with E-state index in [1.165, 1.54) is 25.7 Å². The van der Waals surface area contributed by atoms with Gasteiger partial charge in [-0.1, -0.05) is 64.5 Å². The Kier molecular flexibility index (Phi) is 12.1. The van der Waals surface area contributed by atoms with Crippen LogP contribution in [0.2, 0.25) is 0 Å². The van der Waals surface area contributed by atoms with E-state index in [1.54, 1.807) is 20.3 Å². The summed E-state index contributed by atoms with van der Waals surface area (Å²) in [5.74, 6) is 2.41. The van der Waals surface area contributed by atoms with Crippen LogP contribution in [0.3, 0.4) is 0 Å². The SMILES string of the molecule is CCCCCCCC(CC(=O)NCCCC[C@@H]1Cc2cc(O)ccc2[C@@H]2[C@@H]1[C@@H]1CC[C@H](O)[C@@]1(C)C[C@@H]2F)c1ccc(OC)c(OC)c1. The van der Waals surface area contributed by atoms with Gasteiger partial charge in [0.25, 0.3) is 0 Å². The maximum atomic E-state index is 16.1. The van der Waals surface area contributed by atoms with Gasteiger partial charge in [-0.25, -0.2) is 4.39 Å². The van der Waals surface area contributed by atoms with Crippen molar-refractivity contribution in [3.63, 3.8) is 0 Å². The molecule has 0 bridgehead atoms. The largest absolute Gasteiger partial charge is 0.508 e. The third-order valence-electron chi connectivity index (χ3n) is 12.1. The summed E-state index contributed by atoms with van der Waals surface area (Å²) < 4.78 is 27.1. The number of aliphatic hydroxyl groups is 1. The van der Waals surface area contributed by atoms with Gasteiger partial charge in [0.15, 0.2) is 11.5 Å². The van der Waals surface area contributed by atoms with Crippen LogP contribution < -0.4 is 14.8 Å². The number of halogens is 1. The van der Waals surface area contributed by atoms with Crippen molar-refractivity contribution in [3.8, 4) is 17.2 Å². The lowest BCUT2D eigenvalue weighted by molar-refractivity contribution is -0.121. The number of phenols is 1. The molecular weight excluding hydrogens is 593 g/mol. The zero-order valence-electron chi connectivity index (χ0n) is 29.1. The minimum atomic E-state index is -0.996.